The Morgan fingerprint density at radius 1 is 1.00 bits per heavy atom. The van der Waals surface area contributed by atoms with Crippen LogP contribution in [0.25, 0.3) is 0 Å². The van der Waals surface area contributed by atoms with Crippen LogP contribution in [0.3, 0.4) is 0 Å². The Bertz CT molecular complexity index is 645. The molecule has 0 heterocycles. The van der Waals surface area contributed by atoms with Gasteiger partial charge in [-0.25, -0.2) is 0 Å². The molecular weight excluding hydrogens is 405 g/mol. The number of anilines is 1. The topological polar surface area (TPSA) is 46.2 Å². The molecule has 106 valence electrons. The summed E-state index contributed by atoms with van der Waals surface area (Å²) in [6.45, 7) is 0. The van der Waals surface area contributed by atoms with Gasteiger partial charge in [0.1, 0.15) is 0 Å². The Morgan fingerprint density at radius 3 is 2.30 bits per heavy atom. The van der Waals surface area contributed by atoms with Crippen molar-refractivity contribution in [2.45, 2.75) is 5.32 Å². The molecule has 0 saturated carbocycles. The van der Waals surface area contributed by atoms with Crippen molar-refractivity contribution in [3.8, 4) is 0 Å². The second-order valence-electron chi connectivity index (χ2n) is 4.09. The third-order valence-electron chi connectivity index (χ3n) is 2.48. The van der Waals surface area contributed by atoms with Crippen molar-refractivity contribution in [2.75, 3.05) is 10.5 Å². The van der Waals surface area contributed by atoms with Gasteiger partial charge in [-0.05, 0) is 0 Å². The molecule has 1 N–H and O–H groups in total. The molecule has 0 aliphatic carbocycles. The molecular formula is C14H14BrNO2SSe. The molecule has 2 aromatic carbocycles. The van der Waals surface area contributed by atoms with Crippen molar-refractivity contribution in [2.24, 2.45) is 0 Å². The van der Waals surface area contributed by atoms with Crippen LogP contribution in [0, 0.1) is 0 Å². The zero-order valence-electron chi connectivity index (χ0n) is 10.6. The van der Waals surface area contributed by atoms with Crippen molar-refractivity contribution >= 4 is 51.1 Å². The van der Waals surface area contributed by atoms with Crippen LogP contribution in [0.4, 0.5) is 5.69 Å². The first-order valence-electron chi connectivity index (χ1n) is 5.99. The van der Waals surface area contributed by atoms with Gasteiger partial charge < -0.3 is 0 Å². The maximum absolute atomic E-state index is 12.0. The van der Waals surface area contributed by atoms with Crippen LogP contribution in [0.15, 0.2) is 59.1 Å². The minimum absolute atomic E-state index is 0.151. The Labute approximate surface area is 134 Å². The van der Waals surface area contributed by atoms with Crippen LogP contribution in [0.2, 0.25) is 5.32 Å². The molecule has 0 amide bonds. The van der Waals surface area contributed by atoms with Crippen molar-refractivity contribution in [1.29, 1.82) is 0 Å². The number of sulfonamides is 1. The van der Waals surface area contributed by atoms with Crippen LogP contribution in [0.5, 0.6) is 0 Å². The zero-order chi connectivity index (χ0) is 14.4. The molecule has 0 aromatic heterocycles. The monoisotopic (exact) mass is 419 g/mol. The van der Waals surface area contributed by atoms with E-state index in [0.717, 1.165) is 4.47 Å². The van der Waals surface area contributed by atoms with E-state index in [1.54, 1.807) is 12.1 Å². The summed E-state index contributed by atoms with van der Waals surface area (Å²) in [6, 6.07) is 17.1. The zero-order valence-corrected chi connectivity index (χ0v) is 14.7. The number of nitrogens with one attached hydrogen (secondary N) is 1. The molecule has 0 atom stereocenters. The maximum atomic E-state index is 12.0. The van der Waals surface area contributed by atoms with Crippen molar-refractivity contribution < 1.29 is 8.42 Å². The molecule has 6 heteroatoms. The fraction of sp³-hybridized carbons (Fsp3) is 0.143. The summed E-state index contributed by atoms with van der Waals surface area (Å²) in [6.07, 6.45) is 0. The average Bonchev–Trinajstić information content (AvgIpc) is 2.42. The van der Waals surface area contributed by atoms with Crippen LogP contribution in [-0.2, 0) is 10.0 Å². The van der Waals surface area contributed by atoms with E-state index < -0.39 is 10.0 Å². The fourth-order valence-corrected chi connectivity index (χ4v) is 5.83. The molecule has 0 radical (unpaired) electrons. The van der Waals surface area contributed by atoms with Gasteiger partial charge in [0.05, 0.1) is 0 Å². The predicted molar refractivity (Wildman–Crippen MR) is 88.2 cm³/mol. The summed E-state index contributed by atoms with van der Waals surface area (Å²) >= 11 is 3.51. The normalized spacial score (nSPS) is 11.2. The molecule has 3 nitrogen and oxygen atoms in total. The number of halogens is 1. The van der Waals surface area contributed by atoms with E-state index in [-0.39, 0.29) is 20.7 Å². The van der Waals surface area contributed by atoms with E-state index in [1.165, 1.54) is 4.46 Å². The first-order valence-corrected chi connectivity index (χ1v) is 10.5. The van der Waals surface area contributed by atoms with E-state index in [1.807, 2.05) is 42.5 Å². The first-order chi connectivity index (χ1) is 9.55. The molecule has 0 bridgehead atoms. The first kappa shape index (κ1) is 15.6. The predicted octanol–water partition coefficient (Wildman–Crippen LogP) is 2.64. The van der Waals surface area contributed by atoms with E-state index in [4.69, 9.17) is 0 Å². The third kappa shape index (κ3) is 5.29. The molecule has 0 aliphatic heterocycles. The van der Waals surface area contributed by atoms with E-state index >= 15 is 0 Å². The van der Waals surface area contributed by atoms with Gasteiger partial charge in [-0.2, -0.15) is 0 Å². The SMILES string of the molecule is O=S(=O)(CC[Se]c1ccccc1)Nc1ccc(Br)cc1. The van der Waals surface area contributed by atoms with Crippen LogP contribution < -0.4 is 9.18 Å². The molecule has 2 aromatic rings. The van der Waals surface area contributed by atoms with E-state index in [0.29, 0.717) is 11.0 Å². The van der Waals surface area contributed by atoms with Gasteiger partial charge in [0.2, 0.25) is 0 Å². The van der Waals surface area contributed by atoms with Crippen molar-refractivity contribution in [1.82, 2.24) is 0 Å². The van der Waals surface area contributed by atoms with Gasteiger partial charge in [0, 0.05) is 0 Å². The van der Waals surface area contributed by atoms with Crippen LogP contribution in [-0.4, -0.2) is 29.1 Å². The summed E-state index contributed by atoms with van der Waals surface area (Å²) in [5, 5.41) is 0.670. The van der Waals surface area contributed by atoms with Gasteiger partial charge in [-0.15, -0.1) is 0 Å². The second kappa shape index (κ2) is 7.27. The second-order valence-corrected chi connectivity index (χ2v) is 9.30. The van der Waals surface area contributed by atoms with E-state index in [9.17, 15) is 8.42 Å². The van der Waals surface area contributed by atoms with Crippen LogP contribution in [0.1, 0.15) is 0 Å². The van der Waals surface area contributed by atoms with Crippen LogP contribution >= 0.6 is 15.9 Å². The van der Waals surface area contributed by atoms with Crippen molar-refractivity contribution in [3.05, 3.63) is 59.1 Å². The Morgan fingerprint density at radius 2 is 1.65 bits per heavy atom. The summed E-state index contributed by atoms with van der Waals surface area (Å²) in [5.74, 6) is 0.151. The van der Waals surface area contributed by atoms with E-state index in [2.05, 4.69) is 20.7 Å². The fourth-order valence-electron chi connectivity index (χ4n) is 1.53. The standard InChI is InChI=1S/C14H14BrNO2SSe/c15-12-6-8-13(9-7-12)16-19(17,18)10-11-20-14-4-2-1-3-5-14/h1-9,16H,10-11H2. The Balaban J connectivity index is 1.86. The molecule has 20 heavy (non-hydrogen) atoms. The summed E-state index contributed by atoms with van der Waals surface area (Å²) in [7, 11) is -3.27. The van der Waals surface area contributed by atoms with Gasteiger partial charge in [-0.1, -0.05) is 0 Å². The summed E-state index contributed by atoms with van der Waals surface area (Å²) < 4.78 is 28.7. The molecule has 0 fully saturated rings. The average molecular weight is 419 g/mol. The number of hydrogen-bond donors (Lipinski definition) is 1. The summed E-state index contributed by atoms with van der Waals surface area (Å²) in [5.41, 5.74) is 0.598. The quantitative estimate of drug-likeness (QED) is 0.733. The minimum atomic E-state index is -3.27. The molecule has 0 unspecified atom stereocenters. The van der Waals surface area contributed by atoms with Gasteiger partial charge in [-0.3, -0.25) is 0 Å². The summed E-state index contributed by atoms with van der Waals surface area (Å²) in [4.78, 5) is 0. The van der Waals surface area contributed by atoms with Gasteiger partial charge in [0.15, 0.2) is 0 Å². The third-order valence-corrected chi connectivity index (χ3v) is 7.01. The number of rotatable bonds is 6. The number of benzene rings is 2. The van der Waals surface area contributed by atoms with Gasteiger partial charge in [0.25, 0.3) is 0 Å². The molecule has 0 spiro atoms. The number of hydrogen-bond acceptors (Lipinski definition) is 2. The Hall–Kier alpha value is -0.811. The van der Waals surface area contributed by atoms with Crippen molar-refractivity contribution in [3.63, 3.8) is 0 Å². The molecule has 2 rings (SSSR count). The molecule has 0 aliphatic rings. The van der Waals surface area contributed by atoms with Gasteiger partial charge >= 0.3 is 134 Å². The Kier molecular flexibility index (Phi) is 5.66. The molecule has 0 saturated heterocycles.